The minimum atomic E-state index is 0.534. The van der Waals surface area contributed by atoms with E-state index >= 15 is 0 Å². The predicted molar refractivity (Wildman–Crippen MR) is 64.4 cm³/mol. The van der Waals surface area contributed by atoms with Crippen molar-refractivity contribution in [1.82, 2.24) is 0 Å². The molecule has 0 heterocycles. The van der Waals surface area contributed by atoms with Gasteiger partial charge in [-0.2, -0.15) is 0 Å². The molecule has 0 amide bonds. The molecular weight excluding hydrogens is 168 g/mol. The molecule has 0 nitrogen and oxygen atoms in total. The Labute approximate surface area is 90.5 Å². The first kappa shape index (κ1) is 12.1. The average molecular weight is 196 g/mol. The van der Waals surface area contributed by atoms with E-state index in [0.29, 0.717) is 5.41 Å². The van der Waals surface area contributed by atoms with Crippen LogP contribution in [0.5, 0.6) is 0 Å². The van der Waals surface area contributed by atoms with E-state index in [1.165, 1.54) is 32.1 Å². The van der Waals surface area contributed by atoms with Gasteiger partial charge in [0, 0.05) is 0 Å². The van der Waals surface area contributed by atoms with E-state index in [1.54, 1.807) is 0 Å². The molecule has 84 valence electrons. The standard InChI is InChI=1S/C14H28/c1-6-11(2)12-8-7-9-13(10-12)14(3,4)5/h11-13H,6-10H2,1-5H3. The summed E-state index contributed by atoms with van der Waals surface area (Å²) in [5.41, 5.74) is 0.534. The summed E-state index contributed by atoms with van der Waals surface area (Å²) in [6.07, 6.45) is 7.27. The summed E-state index contributed by atoms with van der Waals surface area (Å²) in [4.78, 5) is 0. The van der Waals surface area contributed by atoms with Gasteiger partial charge in [-0.15, -0.1) is 0 Å². The summed E-state index contributed by atoms with van der Waals surface area (Å²) in [5.74, 6) is 2.92. The Balaban J connectivity index is 2.52. The maximum atomic E-state index is 2.44. The van der Waals surface area contributed by atoms with E-state index in [1.807, 2.05) is 0 Å². The van der Waals surface area contributed by atoms with Crippen LogP contribution < -0.4 is 0 Å². The summed E-state index contributed by atoms with van der Waals surface area (Å²) in [6, 6.07) is 0. The molecule has 0 spiro atoms. The number of hydrogen-bond acceptors (Lipinski definition) is 0. The second-order valence-corrected chi connectivity index (χ2v) is 6.38. The fourth-order valence-electron chi connectivity index (χ4n) is 2.86. The van der Waals surface area contributed by atoms with Gasteiger partial charge in [-0.3, -0.25) is 0 Å². The van der Waals surface area contributed by atoms with Crippen molar-refractivity contribution in [3.05, 3.63) is 0 Å². The first-order valence-electron chi connectivity index (χ1n) is 6.45. The van der Waals surface area contributed by atoms with E-state index in [9.17, 15) is 0 Å². The van der Waals surface area contributed by atoms with Crippen molar-refractivity contribution in [3.8, 4) is 0 Å². The third kappa shape index (κ3) is 3.00. The molecule has 1 saturated carbocycles. The van der Waals surface area contributed by atoms with E-state index in [4.69, 9.17) is 0 Å². The molecule has 0 radical (unpaired) electrons. The summed E-state index contributed by atoms with van der Waals surface area (Å²) < 4.78 is 0. The molecular formula is C14H28. The molecule has 1 rings (SSSR count). The lowest BCUT2D eigenvalue weighted by Gasteiger charge is -2.39. The largest absolute Gasteiger partial charge is 0.0651 e. The lowest BCUT2D eigenvalue weighted by Crippen LogP contribution is -2.29. The van der Waals surface area contributed by atoms with Crippen molar-refractivity contribution >= 4 is 0 Å². The van der Waals surface area contributed by atoms with Gasteiger partial charge < -0.3 is 0 Å². The van der Waals surface area contributed by atoms with Crippen molar-refractivity contribution in [2.75, 3.05) is 0 Å². The Kier molecular flexibility index (Phi) is 4.04. The monoisotopic (exact) mass is 196 g/mol. The molecule has 3 unspecified atom stereocenters. The molecule has 0 aliphatic heterocycles. The number of hydrogen-bond donors (Lipinski definition) is 0. The van der Waals surface area contributed by atoms with E-state index in [2.05, 4.69) is 34.6 Å². The van der Waals surface area contributed by atoms with Crippen LogP contribution in [0.25, 0.3) is 0 Å². The third-order valence-corrected chi connectivity index (χ3v) is 4.39. The molecule has 0 aromatic carbocycles. The first-order valence-corrected chi connectivity index (χ1v) is 6.45. The van der Waals surface area contributed by atoms with Crippen molar-refractivity contribution in [2.45, 2.75) is 66.7 Å². The highest BCUT2D eigenvalue weighted by Crippen LogP contribution is 2.42. The number of rotatable bonds is 2. The van der Waals surface area contributed by atoms with Crippen molar-refractivity contribution in [2.24, 2.45) is 23.2 Å². The van der Waals surface area contributed by atoms with Gasteiger partial charge in [0.05, 0.1) is 0 Å². The highest BCUT2D eigenvalue weighted by molar-refractivity contribution is 4.82. The molecule has 1 fully saturated rings. The minimum absolute atomic E-state index is 0.534. The predicted octanol–water partition coefficient (Wildman–Crippen LogP) is 4.89. The Bertz CT molecular complexity index is 163. The van der Waals surface area contributed by atoms with Crippen LogP contribution in [0.4, 0.5) is 0 Å². The average Bonchev–Trinajstić information content (AvgIpc) is 2.15. The third-order valence-electron chi connectivity index (χ3n) is 4.39. The quantitative estimate of drug-likeness (QED) is 0.590. The minimum Gasteiger partial charge on any atom is -0.0651 e. The van der Waals surface area contributed by atoms with E-state index in [-0.39, 0.29) is 0 Å². The topological polar surface area (TPSA) is 0 Å². The molecule has 14 heavy (non-hydrogen) atoms. The van der Waals surface area contributed by atoms with Gasteiger partial charge in [0.2, 0.25) is 0 Å². The molecule has 0 heteroatoms. The molecule has 0 N–H and O–H groups in total. The van der Waals surface area contributed by atoms with Gasteiger partial charge in [-0.25, -0.2) is 0 Å². The lowest BCUT2D eigenvalue weighted by molar-refractivity contribution is 0.114. The Hall–Kier alpha value is 0. The van der Waals surface area contributed by atoms with Gasteiger partial charge in [-0.05, 0) is 36.0 Å². The Morgan fingerprint density at radius 3 is 2.36 bits per heavy atom. The maximum absolute atomic E-state index is 2.44. The van der Waals surface area contributed by atoms with E-state index in [0.717, 1.165) is 17.8 Å². The Morgan fingerprint density at radius 2 is 1.86 bits per heavy atom. The van der Waals surface area contributed by atoms with E-state index < -0.39 is 0 Å². The summed E-state index contributed by atoms with van der Waals surface area (Å²) in [7, 11) is 0. The Morgan fingerprint density at radius 1 is 1.21 bits per heavy atom. The van der Waals surface area contributed by atoms with Crippen LogP contribution in [0.15, 0.2) is 0 Å². The smallest absolute Gasteiger partial charge is 0.0354 e. The molecule has 0 aromatic rings. The van der Waals surface area contributed by atoms with Crippen LogP contribution >= 0.6 is 0 Å². The van der Waals surface area contributed by atoms with Crippen LogP contribution in [-0.2, 0) is 0 Å². The van der Waals surface area contributed by atoms with Gasteiger partial charge in [-0.1, -0.05) is 53.9 Å². The van der Waals surface area contributed by atoms with Crippen LogP contribution in [-0.4, -0.2) is 0 Å². The second-order valence-electron chi connectivity index (χ2n) is 6.38. The van der Waals surface area contributed by atoms with Crippen LogP contribution in [0, 0.1) is 23.2 Å². The SMILES string of the molecule is CCC(C)C1CCCC(C(C)(C)C)C1. The molecule has 1 aliphatic carbocycles. The zero-order valence-corrected chi connectivity index (χ0v) is 10.8. The lowest BCUT2D eigenvalue weighted by atomic mass is 9.66. The normalized spacial score (nSPS) is 31.5. The fourth-order valence-corrected chi connectivity index (χ4v) is 2.86. The van der Waals surface area contributed by atoms with Gasteiger partial charge in [0.25, 0.3) is 0 Å². The van der Waals surface area contributed by atoms with Crippen LogP contribution in [0.2, 0.25) is 0 Å². The zero-order valence-electron chi connectivity index (χ0n) is 10.8. The van der Waals surface area contributed by atoms with Gasteiger partial charge >= 0.3 is 0 Å². The zero-order chi connectivity index (χ0) is 10.8. The summed E-state index contributed by atoms with van der Waals surface area (Å²) >= 11 is 0. The molecule has 0 bridgehead atoms. The van der Waals surface area contributed by atoms with Crippen LogP contribution in [0.1, 0.15) is 66.7 Å². The maximum Gasteiger partial charge on any atom is -0.0354 e. The molecule has 1 aliphatic rings. The van der Waals surface area contributed by atoms with Crippen LogP contribution in [0.3, 0.4) is 0 Å². The van der Waals surface area contributed by atoms with Gasteiger partial charge in [0.1, 0.15) is 0 Å². The molecule has 3 atom stereocenters. The first-order chi connectivity index (χ1) is 6.45. The molecule has 0 aromatic heterocycles. The summed E-state index contributed by atoms with van der Waals surface area (Å²) in [5, 5.41) is 0. The van der Waals surface area contributed by atoms with Gasteiger partial charge in [0.15, 0.2) is 0 Å². The highest BCUT2D eigenvalue weighted by atomic mass is 14.4. The second kappa shape index (κ2) is 4.68. The van der Waals surface area contributed by atoms with Crippen molar-refractivity contribution < 1.29 is 0 Å². The summed E-state index contributed by atoms with van der Waals surface area (Å²) in [6.45, 7) is 12.0. The molecule has 0 saturated heterocycles. The fraction of sp³-hybridized carbons (Fsp3) is 1.00. The highest BCUT2D eigenvalue weighted by Gasteiger charge is 2.31. The van der Waals surface area contributed by atoms with Crippen molar-refractivity contribution in [1.29, 1.82) is 0 Å². The van der Waals surface area contributed by atoms with Crippen molar-refractivity contribution in [3.63, 3.8) is 0 Å².